The molecule has 2 aliphatic rings. The third-order valence-corrected chi connectivity index (χ3v) is 6.45. The molecule has 2 saturated carbocycles. The molecule has 4 rings (SSSR count). The standard InChI is InChI=1S/C19H23N3O2S/c23-17-8-7-15(14-5-6-14)21-22(17)12-11-20-18(24)19(9-1-2-10-19)16-4-3-13-25-16/h3-4,7-8,13-14H,1-2,5-6,9-12H2,(H,20,24). The number of carbonyl (C=O) groups is 1. The Labute approximate surface area is 151 Å². The number of hydrogen-bond acceptors (Lipinski definition) is 4. The largest absolute Gasteiger partial charge is 0.353 e. The number of rotatable bonds is 6. The van der Waals surface area contributed by atoms with Crippen molar-refractivity contribution < 1.29 is 4.79 Å². The molecule has 0 spiro atoms. The van der Waals surface area contributed by atoms with Gasteiger partial charge in [0, 0.05) is 23.4 Å². The third kappa shape index (κ3) is 3.27. The summed E-state index contributed by atoms with van der Waals surface area (Å²) >= 11 is 1.66. The maximum atomic E-state index is 12.9. The summed E-state index contributed by atoms with van der Waals surface area (Å²) in [6.45, 7) is 0.860. The molecule has 5 nitrogen and oxygen atoms in total. The van der Waals surface area contributed by atoms with Gasteiger partial charge in [0.1, 0.15) is 0 Å². The molecule has 2 aromatic rings. The molecule has 1 amide bonds. The normalized spacial score (nSPS) is 19.0. The van der Waals surface area contributed by atoms with Crippen molar-refractivity contribution in [3.8, 4) is 0 Å². The topological polar surface area (TPSA) is 64.0 Å². The maximum absolute atomic E-state index is 12.9. The highest BCUT2D eigenvalue weighted by atomic mass is 32.1. The van der Waals surface area contributed by atoms with Crippen LogP contribution in [0.3, 0.4) is 0 Å². The van der Waals surface area contributed by atoms with E-state index in [0.717, 1.165) is 49.1 Å². The zero-order chi connectivity index (χ0) is 17.3. The van der Waals surface area contributed by atoms with Gasteiger partial charge in [-0.1, -0.05) is 18.9 Å². The Hall–Kier alpha value is -1.95. The lowest BCUT2D eigenvalue weighted by Gasteiger charge is -2.26. The summed E-state index contributed by atoms with van der Waals surface area (Å²) in [5.74, 6) is 0.612. The minimum absolute atomic E-state index is 0.0962. The van der Waals surface area contributed by atoms with Crippen LogP contribution in [0.25, 0.3) is 0 Å². The molecule has 2 aliphatic carbocycles. The van der Waals surface area contributed by atoms with Gasteiger partial charge in [-0.2, -0.15) is 5.10 Å². The Morgan fingerprint density at radius 2 is 2.08 bits per heavy atom. The van der Waals surface area contributed by atoms with E-state index in [1.807, 2.05) is 17.5 Å². The van der Waals surface area contributed by atoms with Gasteiger partial charge in [-0.3, -0.25) is 9.59 Å². The molecular formula is C19H23N3O2S. The number of nitrogens with zero attached hydrogens (tertiary/aromatic N) is 2. The first-order valence-corrected chi connectivity index (χ1v) is 9.97. The summed E-state index contributed by atoms with van der Waals surface area (Å²) in [4.78, 5) is 26.1. The fourth-order valence-electron chi connectivity index (χ4n) is 3.78. The highest BCUT2D eigenvalue weighted by Crippen LogP contribution is 2.43. The predicted molar refractivity (Wildman–Crippen MR) is 97.9 cm³/mol. The first kappa shape index (κ1) is 16.5. The first-order chi connectivity index (χ1) is 12.2. The lowest BCUT2D eigenvalue weighted by Crippen LogP contribution is -2.43. The van der Waals surface area contributed by atoms with E-state index in [4.69, 9.17) is 0 Å². The molecule has 0 saturated heterocycles. The van der Waals surface area contributed by atoms with Crippen molar-refractivity contribution in [1.29, 1.82) is 0 Å². The van der Waals surface area contributed by atoms with Crippen LogP contribution in [-0.2, 0) is 16.8 Å². The highest BCUT2D eigenvalue weighted by Gasteiger charge is 2.43. The SMILES string of the molecule is O=C(NCCn1nc(C2CC2)ccc1=O)C1(c2cccs2)CCCC1. The van der Waals surface area contributed by atoms with Crippen molar-refractivity contribution in [2.45, 2.75) is 56.4 Å². The molecule has 132 valence electrons. The summed E-state index contributed by atoms with van der Waals surface area (Å²) in [5.41, 5.74) is 0.520. The zero-order valence-corrected chi connectivity index (χ0v) is 15.1. The predicted octanol–water partition coefficient (Wildman–Crippen LogP) is 2.81. The Morgan fingerprint density at radius 1 is 1.28 bits per heavy atom. The number of aromatic nitrogens is 2. The summed E-state index contributed by atoms with van der Waals surface area (Å²) in [6, 6.07) is 7.51. The number of carbonyl (C=O) groups excluding carboxylic acids is 1. The molecule has 0 radical (unpaired) electrons. The number of nitrogens with one attached hydrogen (secondary N) is 1. The van der Waals surface area contributed by atoms with Gasteiger partial charge in [-0.15, -0.1) is 11.3 Å². The Kier molecular flexibility index (Phi) is 4.46. The van der Waals surface area contributed by atoms with Crippen molar-refractivity contribution in [3.05, 3.63) is 50.6 Å². The first-order valence-electron chi connectivity index (χ1n) is 9.09. The van der Waals surface area contributed by atoms with E-state index in [0.29, 0.717) is 19.0 Å². The highest BCUT2D eigenvalue weighted by molar-refractivity contribution is 7.10. The lowest BCUT2D eigenvalue weighted by molar-refractivity contribution is -0.126. The zero-order valence-electron chi connectivity index (χ0n) is 14.2. The van der Waals surface area contributed by atoms with Crippen molar-refractivity contribution in [1.82, 2.24) is 15.1 Å². The molecule has 0 aliphatic heterocycles. The van der Waals surface area contributed by atoms with Crippen LogP contribution in [0.5, 0.6) is 0 Å². The molecule has 1 N–H and O–H groups in total. The van der Waals surface area contributed by atoms with Gasteiger partial charge in [0.05, 0.1) is 17.7 Å². The average molecular weight is 357 g/mol. The van der Waals surface area contributed by atoms with Crippen LogP contribution in [0.2, 0.25) is 0 Å². The van der Waals surface area contributed by atoms with Crippen molar-refractivity contribution in [2.75, 3.05) is 6.54 Å². The number of thiophene rings is 1. The van der Waals surface area contributed by atoms with Crippen molar-refractivity contribution in [3.63, 3.8) is 0 Å². The molecule has 2 heterocycles. The lowest BCUT2D eigenvalue weighted by atomic mass is 9.83. The summed E-state index contributed by atoms with van der Waals surface area (Å²) in [5, 5.41) is 9.55. The van der Waals surface area contributed by atoms with Gasteiger partial charge in [0.15, 0.2) is 0 Å². The fourth-order valence-corrected chi connectivity index (χ4v) is 4.76. The second kappa shape index (κ2) is 6.75. The van der Waals surface area contributed by atoms with E-state index in [9.17, 15) is 9.59 Å². The van der Waals surface area contributed by atoms with Gasteiger partial charge >= 0.3 is 0 Å². The molecule has 0 bridgehead atoms. The van der Waals surface area contributed by atoms with Crippen LogP contribution in [0.4, 0.5) is 0 Å². The molecule has 2 aromatic heterocycles. The summed E-state index contributed by atoms with van der Waals surface area (Å²) in [7, 11) is 0. The van der Waals surface area contributed by atoms with E-state index < -0.39 is 0 Å². The molecule has 6 heteroatoms. The Bertz CT molecular complexity index is 802. The molecule has 0 aromatic carbocycles. The number of hydrogen-bond donors (Lipinski definition) is 1. The van der Waals surface area contributed by atoms with Gasteiger partial charge in [0.2, 0.25) is 5.91 Å². The van der Waals surface area contributed by atoms with E-state index in [2.05, 4.69) is 16.5 Å². The van der Waals surface area contributed by atoms with E-state index in [1.165, 1.54) is 4.68 Å². The van der Waals surface area contributed by atoms with Gasteiger partial charge in [-0.25, -0.2) is 4.68 Å². The van der Waals surface area contributed by atoms with Crippen LogP contribution >= 0.6 is 11.3 Å². The van der Waals surface area contributed by atoms with Crippen LogP contribution in [0.1, 0.15) is 55.0 Å². The molecule has 25 heavy (non-hydrogen) atoms. The monoisotopic (exact) mass is 357 g/mol. The summed E-state index contributed by atoms with van der Waals surface area (Å²) < 4.78 is 1.49. The second-order valence-electron chi connectivity index (χ2n) is 7.12. The Balaban J connectivity index is 1.42. The fraction of sp³-hybridized carbons (Fsp3) is 0.526. The van der Waals surface area contributed by atoms with E-state index in [-0.39, 0.29) is 16.9 Å². The van der Waals surface area contributed by atoms with Crippen molar-refractivity contribution >= 4 is 17.2 Å². The molecule has 0 atom stereocenters. The van der Waals surface area contributed by atoms with Gasteiger partial charge in [0.25, 0.3) is 5.56 Å². The smallest absolute Gasteiger partial charge is 0.266 e. The summed E-state index contributed by atoms with van der Waals surface area (Å²) in [6.07, 6.45) is 6.32. The van der Waals surface area contributed by atoms with Crippen LogP contribution in [0, 0.1) is 0 Å². The minimum Gasteiger partial charge on any atom is -0.353 e. The number of amides is 1. The molecular weight excluding hydrogens is 334 g/mol. The van der Waals surface area contributed by atoms with Crippen LogP contribution in [-0.4, -0.2) is 22.2 Å². The molecule has 2 fully saturated rings. The Morgan fingerprint density at radius 3 is 2.76 bits per heavy atom. The molecule has 0 unspecified atom stereocenters. The van der Waals surface area contributed by atoms with E-state index in [1.54, 1.807) is 17.4 Å². The van der Waals surface area contributed by atoms with E-state index >= 15 is 0 Å². The minimum atomic E-state index is -0.373. The average Bonchev–Trinajstić information content (AvgIpc) is 3.11. The third-order valence-electron chi connectivity index (χ3n) is 5.38. The van der Waals surface area contributed by atoms with Crippen molar-refractivity contribution in [2.24, 2.45) is 0 Å². The second-order valence-corrected chi connectivity index (χ2v) is 8.06. The van der Waals surface area contributed by atoms with Gasteiger partial charge < -0.3 is 5.32 Å². The van der Waals surface area contributed by atoms with Gasteiger partial charge in [-0.05, 0) is 43.2 Å². The van der Waals surface area contributed by atoms with Crippen LogP contribution < -0.4 is 10.9 Å². The maximum Gasteiger partial charge on any atom is 0.266 e. The quantitative estimate of drug-likeness (QED) is 0.865. The van der Waals surface area contributed by atoms with Crippen LogP contribution in [0.15, 0.2) is 34.4 Å².